The Morgan fingerprint density at radius 3 is 2.30 bits per heavy atom. The second-order valence-corrected chi connectivity index (χ2v) is 7.72. The average Bonchev–Trinajstić information content (AvgIpc) is 2.42. The van der Waals surface area contributed by atoms with Crippen LogP contribution in [0.5, 0.6) is 0 Å². The van der Waals surface area contributed by atoms with E-state index in [4.69, 9.17) is 0 Å². The van der Waals surface area contributed by atoms with E-state index in [2.05, 4.69) is 60.7 Å². The third-order valence-corrected chi connectivity index (χ3v) is 5.56. The molecular formula is C17H23IO2. The number of hydrogen-bond acceptors (Lipinski definition) is 1. The summed E-state index contributed by atoms with van der Waals surface area (Å²) < 4.78 is 1.19. The Morgan fingerprint density at radius 1 is 1.30 bits per heavy atom. The first-order valence-electron chi connectivity index (χ1n) is 7.41. The number of benzene rings is 1. The van der Waals surface area contributed by atoms with Crippen molar-refractivity contribution in [1.82, 2.24) is 0 Å². The fraction of sp³-hybridized carbons (Fsp3) is 0.588. The molecule has 1 fully saturated rings. The van der Waals surface area contributed by atoms with Crippen molar-refractivity contribution in [3.05, 3.63) is 33.4 Å². The minimum Gasteiger partial charge on any atom is -0.481 e. The molecule has 0 aromatic heterocycles. The van der Waals surface area contributed by atoms with Gasteiger partial charge in [-0.3, -0.25) is 4.79 Å². The molecule has 0 aliphatic heterocycles. The summed E-state index contributed by atoms with van der Waals surface area (Å²) in [4.78, 5) is 11.8. The fourth-order valence-corrected chi connectivity index (χ4v) is 3.68. The van der Waals surface area contributed by atoms with E-state index in [0.29, 0.717) is 18.3 Å². The fourth-order valence-electron chi connectivity index (χ4n) is 3.32. The highest BCUT2D eigenvalue weighted by atomic mass is 127. The third kappa shape index (κ3) is 3.54. The molecule has 0 amide bonds. The van der Waals surface area contributed by atoms with E-state index >= 15 is 0 Å². The lowest BCUT2D eigenvalue weighted by molar-refractivity contribution is -0.151. The van der Waals surface area contributed by atoms with Crippen LogP contribution >= 0.6 is 22.6 Å². The molecule has 1 saturated carbocycles. The van der Waals surface area contributed by atoms with Gasteiger partial charge in [-0.25, -0.2) is 0 Å². The monoisotopic (exact) mass is 386 g/mol. The normalized spacial score (nSPS) is 26.7. The van der Waals surface area contributed by atoms with E-state index < -0.39 is 11.4 Å². The second kappa shape index (κ2) is 6.46. The van der Waals surface area contributed by atoms with Crippen LogP contribution in [0.2, 0.25) is 0 Å². The Labute approximate surface area is 135 Å². The molecule has 0 saturated heterocycles. The van der Waals surface area contributed by atoms with Crippen LogP contribution < -0.4 is 0 Å². The molecule has 1 aromatic rings. The van der Waals surface area contributed by atoms with Gasteiger partial charge >= 0.3 is 5.97 Å². The first-order valence-corrected chi connectivity index (χ1v) is 8.49. The van der Waals surface area contributed by atoms with E-state index in [1.165, 1.54) is 3.57 Å². The van der Waals surface area contributed by atoms with Crippen molar-refractivity contribution < 1.29 is 9.90 Å². The van der Waals surface area contributed by atoms with Crippen molar-refractivity contribution in [2.75, 3.05) is 0 Å². The summed E-state index contributed by atoms with van der Waals surface area (Å²) >= 11 is 2.28. The summed E-state index contributed by atoms with van der Waals surface area (Å²) in [7, 11) is 0. The van der Waals surface area contributed by atoms with Crippen LogP contribution in [0, 0.1) is 20.8 Å². The smallest absolute Gasteiger partial charge is 0.309 e. The second-order valence-electron chi connectivity index (χ2n) is 6.47. The lowest BCUT2D eigenvalue weighted by Crippen LogP contribution is -2.38. The van der Waals surface area contributed by atoms with E-state index in [-0.39, 0.29) is 0 Å². The maximum absolute atomic E-state index is 11.8. The van der Waals surface area contributed by atoms with E-state index in [9.17, 15) is 9.90 Å². The van der Waals surface area contributed by atoms with Gasteiger partial charge < -0.3 is 5.11 Å². The molecule has 0 spiro atoms. The Balaban J connectivity index is 2.12. The van der Waals surface area contributed by atoms with Crippen LogP contribution in [0.1, 0.15) is 45.1 Å². The first-order chi connectivity index (χ1) is 9.43. The van der Waals surface area contributed by atoms with Crippen LogP contribution in [0.3, 0.4) is 0 Å². The van der Waals surface area contributed by atoms with Gasteiger partial charge in [-0.2, -0.15) is 0 Å². The topological polar surface area (TPSA) is 37.3 Å². The van der Waals surface area contributed by atoms with Gasteiger partial charge in [0.25, 0.3) is 0 Å². The van der Waals surface area contributed by atoms with E-state index in [0.717, 1.165) is 31.2 Å². The van der Waals surface area contributed by atoms with Gasteiger partial charge in [0.15, 0.2) is 0 Å². The summed E-state index contributed by atoms with van der Waals surface area (Å²) in [5, 5.41) is 9.73. The quantitative estimate of drug-likeness (QED) is 0.759. The minimum absolute atomic E-state index is 0.543. The zero-order chi connectivity index (χ0) is 14.8. The van der Waals surface area contributed by atoms with Crippen molar-refractivity contribution in [2.45, 2.75) is 46.0 Å². The molecule has 0 radical (unpaired) electrons. The number of rotatable bonds is 4. The lowest BCUT2D eigenvalue weighted by Gasteiger charge is -2.38. The van der Waals surface area contributed by atoms with Crippen molar-refractivity contribution in [3.63, 3.8) is 0 Å². The predicted molar refractivity (Wildman–Crippen MR) is 89.7 cm³/mol. The standard InChI is InChI=1S/C17H23IO2/c1-12(2)14-7-9-17(10-8-14,16(19)20)11-13-3-5-15(18)6-4-13/h3-6,12,14H,7-11H2,1-2H3,(H,19,20). The highest BCUT2D eigenvalue weighted by Crippen LogP contribution is 2.43. The van der Waals surface area contributed by atoms with Crippen LogP contribution in [0.25, 0.3) is 0 Å². The van der Waals surface area contributed by atoms with Crippen LogP contribution in [-0.4, -0.2) is 11.1 Å². The van der Waals surface area contributed by atoms with Gasteiger partial charge in [-0.05, 0) is 84.2 Å². The molecule has 2 rings (SSSR count). The molecular weight excluding hydrogens is 363 g/mol. The van der Waals surface area contributed by atoms with Crippen molar-refractivity contribution in [1.29, 1.82) is 0 Å². The molecule has 1 N–H and O–H groups in total. The maximum Gasteiger partial charge on any atom is 0.309 e. The number of carboxylic acids is 1. The van der Waals surface area contributed by atoms with E-state index in [1.807, 2.05) is 0 Å². The molecule has 110 valence electrons. The van der Waals surface area contributed by atoms with Crippen molar-refractivity contribution in [2.24, 2.45) is 17.3 Å². The van der Waals surface area contributed by atoms with E-state index in [1.54, 1.807) is 0 Å². The zero-order valence-corrected chi connectivity index (χ0v) is 14.4. The number of carbonyl (C=O) groups is 1. The molecule has 1 aromatic carbocycles. The molecule has 0 atom stereocenters. The van der Waals surface area contributed by atoms with Gasteiger partial charge in [0.1, 0.15) is 0 Å². The van der Waals surface area contributed by atoms with Crippen LogP contribution in [0.4, 0.5) is 0 Å². The third-order valence-electron chi connectivity index (χ3n) is 4.84. The van der Waals surface area contributed by atoms with Crippen molar-refractivity contribution >= 4 is 28.6 Å². The molecule has 1 aliphatic rings. The molecule has 3 heteroatoms. The summed E-state index contributed by atoms with van der Waals surface area (Å²) in [5.74, 6) is 0.748. The maximum atomic E-state index is 11.8. The Kier molecular flexibility index (Phi) is 5.10. The van der Waals surface area contributed by atoms with Gasteiger partial charge in [-0.1, -0.05) is 26.0 Å². The van der Waals surface area contributed by atoms with Gasteiger partial charge in [0.05, 0.1) is 5.41 Å². The van der Waals surface area contributed by atoms with Crippen LogP contribution in [0.15, 0.2) is 24.3 Å². The highest BCUT2D eigenvalue weighted by molar-refractivity contribution is 14.1. The molecule has 1 aliphatic carbocycles. The summed E-state index contributed by atoms with van der Waals surface area (Å²) in [6, 6.07) is 8.26. The molecule has 0 bridgehead atoms. The van der Waals surface area contributed by atoms with Crippen LogP contribution in [-0.2, 0) is 11.2 Å². The SMILES string of the molecule is CC(C)C1CCC(Cc2ccc(I)cc2)(C(=O)O)CC1. The summed E-state index contributed by atoms with van der Waals surface area (Å²) in [6.07, 6.45) is 4.40. The Bertz CT molecular complexity index is 456. The summed E-state index contributed by atoms with van der Waals surface area (Å²) in [6.45, 7) is 4.50. The molecule has 0 heterocycles. The summed E-state index contributed by atoms with van der Waals surface area (Å²) in [5.41, 5.74) is 0.605. The van der Waals surface area contributed by atoms with Gasteiger partial charge in [-0.15, -0.1) is 0 Å². The lowest BCUT2D eigenvalue weighted by atomic mass is 9.65. The largest absolute Gasteiger partial charge is 0.481 e. The number of aliphatic carboxylic acids is 1. The first kappa shape index (κ1) is 15.8. The average molecular weight is 386 g/mol. The highest BCUT2D eigenvalue weighted by Gasteiger charge is 2.42. The molecule has 0 unspecified atom stereocenters. The van der Waals surface area contributed by atoms with Gasteiger partial charge in [0, 0.05) is 3.57 Å². The van der Waals surface area contributed by atoms with Crippen molar-refractivity contribution in [3.8, 4) is 0 Å². The Morgan fingerprint density at radius 2 is 1.85 bits per heavy atom. The molecule has 2 nitrogen and oxygen atoms in total. The minimum atomic E-state index is -0.613. The number of carboxylic acid groups (broad SMARTS) is 1. The van der Waals surface area contributed by atoms with Gasteiger partial charge in [0.2, 0.25) is 0 Å². The predicted octanol–water partition coefficient (Wildman–Crippen LogP) is 4.75. The molecule has 20 heavy (non-hydrogen) atoms. The number of hydrogen-bond donors (Lipinski definition) is 1. The zero-order valence-electron chi connectivity index (χ0n) is 12.2. The Hall–Kier alpha value is -0.580. The number of halogens is 1.